The first-order valence-electron chi connectivity index (χ1n) is 12.1. The van der Waals surface area contributed by atoms with Gasteiger partial charge in [0, 0.05) is 37.2 Å². The van der Waals surface area contributed by atoms with Gasteiger partial charge in [0.05, 0.1) is 0 Å². The number of amides is 4. The highest BCUT2D eigenvalue weighted by molar-refractivity contribution is 6.06. The van der Waals surface area contributed by atoms with Crippen LogP contribution in [0, 0.1) is 5.92 Å². The summed E-state index contributed by atoms with van der Waals surface area (Å²) >= 11 is 0. The average molecular weight is 476 g/mol. The largest absolute Gasteiger partial charge is 0.427 e. The SMILES string of the molecule is CC(=O)Nc1ccc2c(c1)CC[C@]21OC(=O)N(CC(=O)N(Cc2ccccc2)[C@@H](C)C2CC2)C1=O. The number of carbonyl (C=O) groups is 4. The molecule has 1 aliphatic heterocycles. The predicted molar refractivity (Wildman–Crippen MR) is 128 cm³/mol. The standard InChI is InChI=1S/C27H29N3O5/c1-17(20-8-9-20)29(15-19-6-4-3-5-7-19)24(32)16-30-25(33)27(35-26(30)34)13-12-21-14-22(28-18(2)31)10-11-23(21)27/h3-7,10-11,14,17,20H,8-9,12-13,15-16H2,1-2H3,(H,28,31)/t17-,27-/m0/s1. The van der Waals surface area contributed by atoms with Gasteiger partial charge in [-0.1, -0.05) is 36.4 Å². The van der Waals surface area contributed by atoms with Crippen LogP contribution < -0.4 is 5.32 Å². The smallest absolute Gasteiger partial charge is 0.418 e. The maximum absolute atomic E-state index is 13.5. The van der Waals surface area contributed by atoms with E-state index < -0.39 is 17.6 Å². The van der Waals surface area contributed by atoms with E-state index in [0.29, 0.717) is 36.6 Å². The van der Waals surface area contributed by atoms with Crippen molar-refractivity contribution in [1.82, 2.24) is 9.80 Å². The van der Waals surface area contributed by atoms with Crippen LogP contribution in [-0.2, 0) is 37.7 Å². The van der Waals surface area contributed by atoms with Gasteiger partial charge >= 0.3 is 6.09 Å². The summed E-state index contributed by atoms with van der Waals surface area (Å²) in [7, 11) is 0. The van der Waals surface area contributed by atoms with Crippen molar-refractivity contribution in [3.05, 3.63) is 65.2 Å². The molecule has 0 unspecified atom stereocenters. The first-order chi connectivity index (χ1) is 16.8. The minimum Gasteiger partial charge on any atom is -0.427 e. The topological polar surface area (TPSA) is 96.0 Å². The van der Waals surface area contributed by atoms with Crippen LogP contribution in [0.4, 0.5) is 10.5 Å². The van der Waals surface area contributed by atoms with E-state index in [1.807, 2.05) is 37.3 Å². The number of nitrogens with zero attached hydrogens (tertiary/aromatic N) is 2. The molecule has 5 rings (SSSR count). The monoisotopic (exact) mass is 475 g/mol. The maximum Gasteiger partial charge on any atom is 0.418 e. The van der Waals surface area contributed by atoms with Gasteiger partial charge < -0.3 is 15.0 Å². The molecule has 3 aliphatic rings. The van der Waals surface area contributed by atoms with Gasteiger partial charge in [-0.3, -0.25) is 14.4 Å². The lowest BCUT2D eigenvalue weighted by Gasteiger charge is -2.30. The molecule has 1 heterocycles. The number of imide groups is 1. The highest BCUT2D eigenvalue weighted by Crippen LogP contribution is 2.46. The Morgan fingerprint density at radius 3 is 2.60 bits per heavy atom. The van der Waals surface area contributed by atoms with Gasteiger partial charge in [0.25, 0.3) is 5.91 Å². The predicted octanol–water partition coefficient (Wildman–Crippen LogP) is 3.59. The number of aryl methyl sites for hydroxylation is 1. The van der Waals surface area contributed by atoms with Crippen molar-refractivity contribution in [2.45, 2.75) is 57.7 Å². The molecule has 35 heavy (non-hydrogen) atoms. The summed E-state index contributed by atoms with van der Waals surface area (Å²) in [6.45, 7) is 3.54. The van der Waals surface area contributed by atoms with Gasteiger partial charge in [-0.25, -0.2) is 9.69 Å². The van der Waals surface area contributed by atoms with Crippen molar-refractivity contribution in [1.29, 1.82) is 0 Å². The molecule has 1 spiro atoms. The highest BCUT2D eigenvalue weighted by Gasteiger charge is 2.58. The van der Waals surface area contributed by atoms with Crippen molar-refractivity contribution in [3.63, 3.8) is 0 Å². The van der Waals surface area contributed by atoms with Crippen molar-refractivity contribution >= 4 is 29.5 Å². The van der Waals surface area contributed by atoms with E-state index in [2.05, 4.69) is 5.32 Å². The third-order valence-corrected chi connectivity index (χ3v) is 7.28. The Morgan fingerprint density at radius 2 is 1.91 bits per heavy atom. The van der Waals surface area contributed by atoms with E-state index in [1.165, 1.54) is 6.92 Å². The lowest BCUT2D eigenvalue weighted by Crippen LogP contribution is -2.47. The lowest BCUT2D eigenvalue weighted by atomic mass is 9.94. The molecule has 4 amide bonds. The second-order valence-corrected chi connectivity index (χ2v) is 9.72. The Hall–Kier alpha value is -3.68. The number of ether oxygens (including phenoxy) is 1. The number of carbonyl (C=O) groups excluding carboxylic acids is 4. The molecule has 2 aliphatic carbocycles. The van der Waals surface area contributed by atoms with Crippen LogP contribution in [0.3, 0.4) is 0 Å². The Bertz CT molecular complexity index is 1190. The Kier molecular flexibility index (Phi) is 5.83. The molecular weight excluding hydrogens is 446 g/mol. The Balaban J connectivity index is 1.36. The summed E-state index contributed by atoms with van der Waals surface area (Å²) in [5, 5.41) is 2.73. The number of hydrogen-bond donors (Lipinski definition) is 1. The van der Waals surface area contributed by atoms with Crippen molar-refractivity contribution in [3.8, 4) is 0 Å². The van der Waals surface area contributed by atoms with Gasteiger partial charge in [0.15, 0.2) is 0 Å². The number of fused-ring (bicyclic) bond motifs is 2. The van der Waals surface area contributed by atoms with Crippen LogP contribution >= 0.6 is 0 Å². The molecule has 8 heteroatoms. The zero-order chi connectivity index (χ0) is 24.7. The van der Waals surface area contributed by atoms with Crippen LogP contribution in [0.25, 0.3) is 0 Å². The fourth-order valence-electron chi connectivity index (χ4n) is 5.23. The molecule has 2 aromatic rings. The molecule has 2 aromatic carbocycles. The zero-order valence-electron chi connectivity index (χ0n) is 20.0. The summed E-state index contributed by atoms with van der Waals surface area (Å²) in [6, 6.07) is 15.0. The van der Waals surface area contributed by atoms with Gasteiger partial charge in [0.2, 0.25) is 17.4 Å². The average Bonchev–Trinajstić information content (AvgIpc) is 3.58. The Labute approximate surface area is 204 Å². The third kappa shape index (κ3) is 4.29. The summed E-state index contributed by atoms with van der Waals surface area (Å²) in [5.41, 5.74) is 1.68. The first-order valence-corrected chi connectivity index (χ1v) is 12.1. The quantitative estimate of drug-likeness (QED) is 0.660. The van der Waals surface area contributed by atoms with E-state index in [-0.39, 0.29) is 24.4 Å². The summed E-state index contributed by atoms with van der Waals surface area (Å²) in [6.07, 6.45) is 2.20. The van der Waals surface area contributed by atoms with E-state index in [4.69, 9.17) is 4.74 Å². The summed E-state index contributed by atoms with van der Waals surface area (Å²) in [5.74, 6) is -0.517. The van der Waals surface area contributed by atoms with Crippen molar-refractivity contribution in [2.75, 3.05) is 11.9 Å². The number of hydrogen-bond acceptors (Lipinski definition) is 5. The number of nitrogens with one attached hydrogen (secondary N) is 1. The van der Waals surface area contributed by atoms with Gasteiger partial charge in [-0.15, -0.1) is 0 Å². The third-order valence-electron chi connectivity index (χ3n) is 7.28. The fourth-order valence-corrected chi connectivity index (χ4v) is 5.23. The minimum atomic E-state index is -1.41. The highest BCUT2D eigenvalue weighted by atomic mass is 16.6. The maximum atomic E-state index is 13.5. The van der Waals surface area contributed by atoms with Gasteiger partial charge in [-0.2, -0.15) is 0 Å². The van der Waals surface area contributed by atoms with Gasteiger partial charge in [-0.05, 0) is 55.4 Å². The molecule has 1 N–H and O–H groups in total. The number of anilines is 1. The number of benzene rings is 2. The first kappa shape index (κ1) is 23.1. The summed E-state index contributed by atoms with van der Waals surface area (Å²) in [4.78, 5) is 54.0. The molecule has 1 saturated carbocycles. The molecule has 0 aromatic heterocycles. The molecule has 2 fully saturated rings. The number of rotatable bonds is 7. The van der Waals surface area contributed by atoms with E-state index in [9.17, 15) is 19.2 Å². The minimum absolute atomic E-state index is 0.0183. The second-order valence-electron chi connectivity index (χ2n) is 9.72. The molecule has 0 radical (unpaired) electrons. The molecule has 0 bridgehead atoms. The van der Waals surface area contributed by atoms with Crippen molar-refractivity contribution < 1.29 is 23.9 Å². The molecule has 8 nitrogen and oxygen atoms in total. The van der Waals surface area contributed by atoms with Crippen molar-refractivity contribution in [2.24, 2.45) is 5.92 Å². The molecule has 2 atom stereocenters. The zero-order valence-corrected chi connectivity index (χ0v) is 20.0. The Morgan fingerprint density at radius 1 is 1.17 bits per heavy atom. The van der Waals surface area contributed by atoms with Crippen LogP contribution in [0.5, 0.6) is 0 Å². The van der Waals surface area contributed by atoms with Crippen LogP contribution in [0.1, 0.15) is 49.8 Å². The van der Waals surface area contributed by atoms with Crippen LogP contribution in [0.2, 0.25) is 0 Å². The van der Waals surface area contributed by atoms with Crippen LogP contribution in [-0.4, -0.2) is 46.2 Å². The summed E-state index contributed by atoms with van der Waals surface area (Å²) < 4.78 is 5.68. The van der Waals surface area contributed by atoms with E-state index in [0.717, 1.165) is 28.9 Å². The second kappa shape index (κ2) is 8.83. The van der Waals surface area contributed by atoms with Gasteiger partial charge in [0.1, 0.15) is 6.54 Å². The van der Waals surface area contributed by atoms with E-state index in [1.54, 1.807) is 23.1 Å². The molecular formula is C27H29N3O5. The molecule has 182 valence electrons. The lowest BCUT2D eigenvalue weighted by molar-refractivity contribution is -0.143. The molecule has 1 saturated heterocycles. The van der Waals surface area contributed by atoms with Crippen LogP contribution in [0.15, 0.2) is 48.5 Å². The van der Waals surface area contributed by atoms with E-state index >= 15 is 0 Å². The fraction of sp³-hybridized carbons (Fsp3) is 0.407. The normalized spacial score (nSPS) is 21.6.